The zero-order chi connectivity index (χ0) is 24.8. The quantitative estimate of drug-likeness (QED) is 0.529. The molecule has 186 valence electrons. The van der Waals surface area contributed by atoms with E-state index in [0.29, 0.717) is 35.9 Å². The van der Waals surface area contributed by atoms with Crippen LogP contribution in [0.25, 0.3) is 0 Å². The second kappa shape index (κ2) is 11.5. The first-order valence-electron chi connectivity index (χ1n) is 11.2. The Morgan fingerprint density at radius 1 is 0.941 bits per heavy atom. The molecule has 34 heavy (non-hydrogen) atoms. The second-order valence-corrected chi connectivity index (χ2v) is 12.6. The maximum Gasteiger partial charge on any atom is 0.243 e. The molecule has 1 amide bonds. The molecule has 0 unspecified atom stereocenters. The SMILES string of the molecule is CS(=O)(=O)N(CCCC(=O)Nc1ccc(S(=O)(=O)N2CCCCCC2)cc1)c1ccc(Cl)cc1. The van der Waals surface area contributed by atoms with E-state index in [9.17, 15) is 21.6 Å². The van der Waals surface area contributed by atoms with E-state index in [1.165, 1.54) is 20.7 Å². The molecule has 1 saturated heterocycles. The lowest BCUT2D eigenvalue weighted by Crippen LogP contribution is -2.32. The van der Waals surface area contributed by atoms with E-state index in [1.807, 2.05) is 0 Å². The molecule has 3 rings (SSSR count). The van der Waals surface area contributed by atoms with Crippen molar-refractivity contribution in [2.75, 3.05) is 35.5 Å². The van der Waals surface area contributed by atoms with Gasteiger partial charge in [-0.05, 0) is 67.8 Å². The third-order valence-electron chi connectivity index (χ3n) is 5.62. The zero-order valence-electron chi connectivity index (χ0n) is 19.1. The lowest BCUT2D eigenvalue weighted by atomic mass is 10.2. The molecule has 1 N–H and O–H groups in total. The fourth-order valence-electron chi connectivity index (χ4n) is 3.84. The summed E-state index contributed by atoms with van der Waals surface area (Å²) in [5.74, 6) is -0.285. The Bertz CT molecular complexity index is 1180. The smallest absolute Gasteiger partial charge is 0.243 e. The van der Waals surface area contributed by atoms with Crippen LogP contribution in [0.1, 0.15) is 38.5 Å². The van der Waals surface area contributed by atoms with E-state index in [4.69, 9.17) is 11.6 Å². The average Bonchev–Trinajstić information content (AvgIpc) is 3.07. The molecule has 1 fully saturated rings. The fourth-order valence-corrected chi connectivity index (χ4v) is 6.45. The molecule has 1 aliphatic rings. The standard InChI is InChI=1S/C23H30ClN3O5S2/c1-33(29,30)27(21-12-8-19(24)9-13-21)18-6-7-23(28)25-20-10-14-22(15-11-20)34(31,32)26-16-4-2-3-5-17-26/h8-15H,2-7,16-18H2,1H3,(H,25,28). The third-order valence-corrected chi connectivity index (χ3v) is 8.98. The van der Waals surface area contributed by atoms with Crippen molar-refractivity contribution in [2.24, 2.45) is 0 Å². The van der Waals surface area contributed by atoms with E-state index >= 15 is 0 Å². The summed E-state index contributed by atoms with van der Waals surface area (Å²) < 4.78 is 52.8. The Balaban J connectivity index is 1.56. The largest absolute Gasteiger partial charge is 0.326 e. The summed E-state index contributed by atoms with van der Waals surface area (Å²) in [5.41, 5.74) is 0.964. The number of nitrogens with zero attached hydrogens (tertiary/aromatic N) is 2. The summed E-state index contributed by atoms with van der Waals surface area (Å²) in [7, 11) is -7.07. The molecule has 8 nitrogen and oxygen atoms in total. The first-order valence-corrected chi connectivity index (χ1v) is 14.9. The molecule has 2 aromatic carbocycles. The van der Waals surface area contributed by atoms with Crippen LogP contribution >= 0.6 is 11.6 Å². The predicted molar refractivity (Wildman–Crippen MR) is 135 cm³/mol. The van der Waals surface area contributed by atoms with Gasteiger partial charge in [-0.3, -0.25) is 9.10 Å². The van der Waals surface area contributed by atoms with Gasteiger partial charge in [0, 0.05) is 36.8 Å². The normalized spacial score (nSPS) is 15.5. The second-order valence-electron chi connectivity index (χ2n) is 8.31. The Morgan fingerprint density at radius 3 is 2.09 bits per heavy atom. The number of rotatable bonds is 9. The minimum atomic E-state index is -3.55. The van der Waals surface area contributed by atoms with Gasteiger partial charge in [-0.25, -0.2) is 16.8 Å². The van der Waals surface area contributed by atoms with E-state index in [0.717, 1.165) is 31.9 Å². The van der Waals surface area contributed by atoms with Gasteiger partial charge in [-0.15, -0.1) is 0 Å². The highest BCUT2D eigenvalue weighted by Crippen LogP contribution is 2.23. The summed E-state index contributed by atoms with van der Waals surface area (Å²) in [6, 6.07) is 12.6. The van der Waals surface area contributed by atoms with Crippen LogP contribution in [0.15, 0.2) is 53.4 Å². The molecule has 1 aliphatic heterocycles. The lowest BCUT2D eigenvalue weighted by molar-refractivity contribution is -0.116. The first kappa shape index (κ1) is 26.5. The van der Waals surface area contributed by atoms with Crippen molar-refractivity contribution in [3.05, 3.63) is 53.6 Å². The predicted octanol–water partition coefficient (Wildman–Crippen LogP) is 4.09. The van der Waals surface area contributed by atoms with Crippen LogP contribution in [0.3, 0.4) is 0 Å². The molecule has 0 spiro atoms. The number of nitrogens with one attached hydrogen (secondary N) is 1. The van der Waals surface area contributed by atoms with Crippen molar-refractivity contribution in [1.82, 2.24) is 4.31 Å². The van der Waals surface area contributed by atoms with Gasteiger partial charge in [0.25, 0.3) is 0 Å². The monoisotopic (exact) mass is 527 g/mol. The topological polar surface area (TPSA) is 104 Å². The highest BCUT2D eigenvalue weighted by atomic mass is 35.5. The summed E-state index contributed by atoms with van der Waals surface area (Å²) in [6.07, 6.45) is 5.33. The van der Waals surface area contributed by atoms with E-state index in [-0.39, 0.29) is 23.8 Å². The highest BCUT2D eigenvalue weighted by molar-refractivity contribution is 7.92. The van der Waals surface area contributed by atoms with E-state index in [1.54, 1.807) is 36.4 Å². The van der Waals surface area contributed by atoms with Crippen LogP contribution in [0, 0.1) is 0 Å². The number of halogens is 1. The molecule has 0 aromatic heterocycles. The minimum Gasteiger partial charge on any atom is -0.326 e. The van der Waals surface area contributed by atoms with E-state index < -0.39 is 20.0 Å². The van der Waals surface area contributed by atoms with Crippen molar-refractivity contribution in [1.29, 1.82) is 0 Å². The van der Waals surface area contributed by atoms with Gasteiger partial charge in [-0.1, -0.05) is 24.4 Å². The molecule has 11 heteroatoms. The molecule has 1 heterocycles. The van der Waals surface area contributed by atoms with Crippen molar-refractivity contribution < 1.29 is 21.6 Å². The Hall–Kier alpha value is -2.14. The number of carbonyl (C=O) groups is 1. The maximum atomic E-state index is 12.9. The van der Waals surface area contributed by atoms with Crippen LogP contribution < -0.4 is 9.62 Å². The molecule has 2 aromatic rings. The number of anilines is 2. The van der Waals surface area contributed by atoms with Crippen molar-refractivity contribution in [3.63, 3.8) is 0 Å². The summed E-state index contributed by atoms with van der Waals surface area (Å²) >= 11 is 5.88. The number of carbonyl (C=O) groups excluding carboxylic acids is 1. The van der Waals surface area contributed by atoms with Gasteiger partial charge in [-0.2, -0.15) is 4.31 Å². The molecule has 0 radical (unpaired) electrons. The molecular formula is C23H30ClN3O5S2. The minimum absolute atomic E-state index is 0.105. The van der Waals surface area contributed by atoms with Crippen molar-refractivity contribution in [2.45, 2.75) is 43.4 Å². The highest BCUT2D eigenvalue weighted by Gasteiger charge is 2.25. The molecule has 0 aliphatic carbocycles. The number of amides is 1. The Kier molecular flexibility index (Phi) is 8.97. The fraction of sp³-hybridized carbons (Fsp3) is 0.435. The molecule has 0 atom stereocenters. The Labute approximate surface area is 207 Å². The van der Waals surface area contributed by atoms with Crippen molar-refractivity contribution >= 4 is 48.9 Å². The van der Waals surface area contributed by atoms with Crippen LogP contribution in [-0.4, -0.2) is 52.9 Å². The van der Waals surface area contributed by atoms with Crippen LogP contribution in [-0.2, 0) is 24.8 Å². The molecule has 0 bridgehead atoms. The number of hydrogen-bond donors (Lipinski definition) is 1. The van der Waals surface area contributed by atoms with Gasteiger partial charge < -0.3 is 5.32 Å². The molecule has 0 saturated carbocycles. The molecular weight excluding hydrogens is 498 g/mol. The summed E-state index contributed by atoms with van der Waals surface area (Å²) in [5, 5.41) is 3.24. The zero-order valence-corrected chi connectivity index (χ0v) is 21.5. The van der Waals surface area contributed by atoms with Gasteiger partial charge in [0.2, 0.25) is 26.0 Å². The van der Waals surface area contributed by atoms with Crippen LogP contribution in [0.5, 0.6) is 0 Å². The van der Waals surface area contributed by atoms with Crippen LogP contribution in [0.4, 0.5) is 11.4 Å². The summed E-state index contributed by atoms with van der Waals surface area (Å²) in [4.78, 5) is 12.6. The Morgan fingerprint density at radius 2 is 1.53 bits per heavy atom. The maximum absolute atomic E-state index is 12.9. The average molecular weight is 528 g/mol. The third kappa shape index (κ3) is 7.18. The van der Waals surface area contributed by atoms with E-state index in [2.05, 4.69) is 5.32 Å². The van der Waals surface area contributed by atoms with Crippen LogP contribution in [0.2, 0.25) is 5.02 Å². The van der Waals surface area contributed by atoms with Gasteiger partial charge in [0.1, 0.15) is 0 Å². The van der Waals surface area contributed by atoms with Crippen molar-refractivity contribution in [3.8, 4) is 0 Å². The number of benzene rings is 2. The number of hydrogen-bond acceptors (Lipinski definition) is 5. The number of sulfonamides is 2. The van der Waals surface area contributed by atoms with Gasteiger partial charge >= 0.3 is 0 Å². The van der Waals surface area contributed by atoms with Gasteiger partial charge in [0.15, 0.2) is 0 Å². The first-order chi connectivity index (χ1) is 16.1. The lowest BCUT2D eigenvalue weighted by Gasteiger charge is -2.22. The summed E-state index contributed by atoms with van der Waals surface area (Å²) in [6.45, 7) is 1.20. The van der Waals surface area contributed by atoms with Gasteiger partial charge in [0.05, 0.1) is 16.8 Å².